The second kappa shape index (κ2) is 12.6. The average molecular weight is 537 g/mol. The number of carbonyl (C=O) groups excluding carboxylic acids is 2. The maximum Gasteiger partial charge on any atom is 0.410 e. The Bertz CT molecular complexity index is 976. The quantitative estimate of drug-likeness (QED) is 0.200. The maximum absolute atomic E-state index is 13.1. The van der Waals surface area contributed by atoms with Gasteiger partial charge in [-0.05, 0) is 49.2 Å². The molecule has 0 saturated carbocycles. The van der Waals surface area contributed by atoms with Crippen molar-refractivity contribution in [3.8, 4) is 6.07 Å². The number of nitro benzene ring substituents is 1. The van der Waals surface area contributed by atoms with Crippen LogP contribution in [0.1, 0.15) is 39.7 Å². The SMILES string of the molecule is CC(SC[C@@H]1C[C@H](O[Si](C)(C)C(C)(C)C)CN1C(=O)OCc1ccc([N+](=O)[O-])cc1)C(=O)NCC#N. The molecule has 12 heteroatoms. The van der Waals surface area contributed by atoms with Gasteiger partial charge in [0, 0.05) is 30.5 Å². The van der Waals surface area contributed by atoms with E-state index in [1.54, 1.807) is 24.0 Å². The summed E-state index contributed by atoms with van der Waals surface area (Å²) in [5.74, 6) is 0.298. The van der Waals surface area contributed by atoms with Crippen molar-refractivity contribution in [3.05, 3.63) is 39.9 Å². The van der Waals surface area contributed by atoms with Gasteiger partial charge >= 0.3 is 6.09 Å². The Kier molecular flexibility index (Phi) is 10.3. The number of nitrogens with zero attached hydrogens (tertiary/aromatic N) is 3. The van der Waals surface area contributed by atoms with Crippen LogP contribution in [-0.4, -0.2) is 66.4 Å². The summed E-state index contributed by atoms with van der Waals surface area (Å²) in [5, 5.41) is 21.7. The fourth-order valence-electron chi connectivity index (χ4n) is 3.48. The zero-order chi connectivity index (χ0) is 27.1. The first-order chi connectivity index (χ1) is 16.7. The minimum atomic E-state index is -2.06. The van der Waals surface area contributed by atoms with Crippen LogP contribution in [0.4, 0.5) is 10.5 Å². The number of non-ortho nitro benzene ring substituents is 1. The van der Waals surface area contributed by atoms with E-state index in [1.165, 1.54) is 23.9 Å². The number of nitrogens with one attached hydrogen (secondary N) is 1. The van der Waals surface area contributed by atoms with Gasteiger partial charge < -0.3 is 19.4 Å². The number of hydrogen-bond acceptors (Lipinski definition) is 8. The fourth-order valence-corrected chi connectivity index (χ4v) is 5.90. The van der Waals surface area contributed by atoms with E-state index in [1.807, 2.05) is 6.07 Å². The molecule has 0 radical (unpaired) electrons. The lowest BCUT2D eigenvalue weighted by Crippen LogP contribution is -2.44. The summed E-state index contributed by atoms with van der Waals surface area (Å²) < 4.78 is 12.1. The standard InChI is InChI=1S/C24H36N4O6SSi/c1-17(22(29)26-12-11-25)35-16-20-13-21(34-36(5,6)24(2,3)4)14-27(20)23(30)33-15-18-7-9-19(10-8-18)28(31)32/h7-10,17,20-21H,12-16H2,1-6H3,(H,26,29)/t17?,20-,21-/m0/s1. The molecule has 10 nitrogen and oxygen atoms in total. The third-order valence-corrected chi connectivity index (χ3v) is 12.5. The van der Waals surface area contributed by atoms with Crippen molar-refractivity contribution in [1.29, 1.82) is 5.26 Å². The van der Waals surface area contributed by atoms with Crippen molar-refractivity contribution < 1.29 is 23.7 Å². The summed E-state index contributed by atoms with van der Waals surface area (Å²) in [4.78, 5) is 37.2. The molecule has 1 heterocycles. The molecule has 36 heavy (non-hydrogen) atoms. The smallest absolute Gasteiger partial charge is 0.410 e. The van der Waals surface area contributed by atoms with Crippen LogP contribution in [0.25, 0.3) is 0 Å². The lowest BCUT2D eigenvalue weighted by molar-refractivity contribution is -0.384. The lowest BCUT2D eigenvalue weighted by Gasteiger charge is -2.38. The molecule has 2 rings (SSSR count). The monoisotopic (exact) mass is 536 g/mol. The number of benzene rings is 1. The molecule has 1 N–H and O–H groups in total. The molecule has 1 aromatic rings. The maximum atomic E-state index is 13.1. The van der Waals surface area contributed by atoms with Crippen LogP contribution in [0, 0.1) is 21.4 Å². The van der Waals surface area contributed by atoms with Gasteiger partial charge in [0.25, 0.3) is 5.69 Å². The molecule has 0 aromatic heterocycles. The van der Waals surface area contributed by atoms with Crippen molar-refractivity contribution in [2.75, 3.05) is 18.8 Å². The number of nitro groups is 1. The normalized spacial score (nSPS) is 18.9. The number of likely N-dealkylation sites (tertiary alicyclic amines) is 1. The van der Waals surface area contributed by atoms with Gasteiger partial charge in [0.05, 0.1) is 22.3 Å². The number of carbonyl (C=O) groups is 2. The zero-order valence-corrected chi connectivity index (χ0v) is 23.6. The fraction of sp³-hybridized carbons (Fsp3) is 0.625. The Labute approximate surface area is 218 Å². The molecule has 1 aromatic carbocycles. The van der Waals surface area contributed by atoms with E-state index >= 15 is 0 Å². The van der Waals surface area contributed by atoms with Gasteiger partial charge in [-0.25, -0.2) is 4.79 Å². The Morgan fingerprint density at radius 1 is 1.33 bits per heavy atom. The molecule has 3 atom stereocenters. The topological polar surface area (TPSA) is 135 Å². The highest BCUT2D eigenvalue weighted by Crippen LogP contribution is 2.39. The van der Waals surface area contributed by atoms with Crippen molar-refractivity contribution in [1.82, 2.24) is 10.2 Å². The molecule has 0 spiro atoms. The molecule has 1 saturated heterocycles. The first-order valence-electron chi connectivity index (χ1n) is 11.9. The van der Waals surface area contributed by atoms with Crippen LogP contribution in [0.15, 0.2) is 24.3 Å². The number of nitriles is 1. The number of ether oxygens (including phenoxy) is 1. The van der Waals surface area contributed by atoms with Crippen LogP contribution in [0.3, 0.4) is 0 Å². The number of thioether (sulfide) groups is 1. The zero-order valence-electron chi connectivity index (χ0n) is 21.8. The Morgan fingerprint density at radius 2 is 1.97 bits per heavy atom. The van der Waals surface area contributed by atoms with E-state index in [9.17, 15) is 19.7 Å². The Morgan fingerprint density at radius 3 is 2.53 bits per heavy atom. The average Bonchev–Trinajstić information content (AvgIpc) is 3.20. The molecule has 0 aliphatic carbocycles. The van der Waals surface area contributed by atoms with Gasteiger partial charge in [0.15, 0.2) is 8.32 Å². The van der Waals surface area contributed by atoms with Gasteiger partial charge in [-0.1, -0.05) is 20.8 Å². The third-order valence-electron chi connectivity index (χ3n) is 6.64. The lowest BCUT2D eigenvalue weighted by atomic mass is 10.2. The first-order valence-corrected chi connectivity index (χ1v) is 15.8. The highest BCUT2D eigenvalue weighted by molar-refractivity contribution is 8.00. The molecule has 0 bridgehead atoms. The molecular formula is C24H36N4O6SSi. The van der Waals surface area contributed by atoms with E-state index < -0.39 is 19.3 Å². The first kappa shape index (κ1) is 29.6. The summed E-state index contributed by atoms with van der Waals surface area (Å²) in [5.41, 5.74) is 0.621. The minimum absolute atomic E-state index is 0.00603. The van der Waals surface area contributed by atoms with Crippen molar-refractivity contribution in [2.45, 2.75) is 76.3 Å². The van der Waals surface area contributed by atoms with Crippen LogP contribution >= 0.6 is 11.8 Å². The van der Waals surface area contributed by atoms with Gasteiger partial charge in [0.1, 0.15) is 13.2 Å². The van der Waals surface area contributed by atoms with Gasteiger partial charge in [-0.15, -0.1) is 11.8 Å². The van der Waals surface area contributed by atoms with Gasteiger partial charge in [-0.2, -0.15) is 5.26 Å². The van der Waals surface area contributed by atoms with Crippen molar-refractivity contribution >= 4 is 37.8 Å². The van der Waals surface area contributed by atoms with E-state index in [4.69, 9.17) is 14.4 Å². The highest BCUT2D eigenvalue weighted by atomic mass is 32.2. The number of rotatable bonds is 10. The predicted molar refractivity (Wildman–Crippen MR) is 141 cm³/mol. The number of amides is 2. The molecule has 198 valence electrons. The summed E-state index contributed by atoms with van der Waals surface area (Å²) >= 11 is 1.42. The van der Waals surface area contributed by atoms with E-state index in [0.29, 0.717) is 24.3 Å². The Hall–Kier alpha value is -2.62. The summed E-state index contributed by atoms with van der Waals surface area (Å²) in [6.07, 6.45) is 0.0200. The van der Waals surface area contributed by atoms with Crippen LogP contribution in [-0.2, 0) is 20.6 Å². The predicted octanol–water partition coefficient (Wildman–Crippen LogP) is 4.46. The van der Waals surface area contributed by atoms with Crippen LogP contribution < -0.4 is 5.32 Å². The molecule has 1 unspecified atom stereocenters. The molecule has 1 aliphatic rings. The molecule has 2 amide bonds. The minimum Gasteiger partial charge on any atom is -0.445 e. The highest BCUT2D eigenvalue weighted by Gasteiger charge is 2.44. The van der Waals surface area contributed by atoms with Crippen molar-refractivity contribution in [2.24, 2.45) is 0 Å². The van der Waals surface area contributed by atoms with E-state index in [-0.39, 0.29) is 47.2 Å². The second-order valence-corrected chi connectivity index (χ2v) is 16.5. The van der Waals surface area contributed by atoms with E-state index in [0.717, 1.165) is 0 Å². The van der Waals surface area contributed by atoms with Gasteiger partial charge in [0.2, 0.25) is 5.91 Å². The summed E-state index contributed by atoms with van der Waals surface area (Å²) in [7, 11) is -2.06. The number of hydrogen-bond donors (Lipinski definition) is 1. The molecule has 1 fully saturated rings. The van der Waals surface area contributed by atoms with Gasteiger partial charge in [-0.3, -0.25) is 14.9 Å². The van der Waals surface area contributed by atoms with Crippen LogP contribution in [0.5, 0.6) is 0 Å². The summed E-state index contributed by atoms with van der Waals surface area (Å²) in [6, 6.07) is 7.59. The largest absolute Gasteiger partial charge is 0.445 e. The third kappa shape index (κ3) is 8.21. The molecular weight excluding hydrogens is 500 g/mol. The second-order valence-electron chi connectivity index (χ2n) is 10.4. The summed E-state index contributed by atoms with van der Waals surface area (Å²) in [6.45, 7) is 13.0. The van der Waals surface area contributed by atoms with E-state index in [2.05, 4.69) is 39.2 Å². The molecule has 1 aliphatic heterocycles. The van der Waals surface area contributed by atoms with Crippen LogP contribution in [0.2, 0.25) is 18.1 Å². The Balaban J connectivity index is 2.07. The van der Waals surface area contributed by atoms with Crippen molar-refractivity contribution in [3.63, 3.8) is 0 Å².